The Labute approximate surface area is 118 Å². The molecule has 1 unspecified atom stereocenters. The quantitative estimate of drug-likeness (QED) is 0.810. The fraction of sp³-hybridized carbons (Fsp3) is 0.938. The predicted molar refractivity (Wildman–Crippen MR) is 79.2 cm³/mol. The fourth-order valence-electron chi connectivity index (χ4n) is 3.50. The molecule has 1 saturated heterocycles. The maximum absolute atomic E-state index is 12.3. The summed E-state index contributed by atoms with van der Waals surface area (Å²) in [4.78, 5) is 14.4. The molecule has 2 aliphatic rings. The minimum Gasteiger partial charge on any atom is -0.335 e. The second kappa shape index (κ2) is 7.16. The second-order valence-electron chi connectivity index (χ2n) is 6.71. The molecule has 3 nitrogen and oxygen atoms in total. The summed E-state index contributed by atoms with van der Waals surface area (Å²) in [6.45, 7) is 6.51. The van der Waals surface area contributed by atoms with Crippen molar-refractivity contribution in [3.63, 3.8) is 0 Å². The van der Waals surface area contributed by atoms with Crippen molar-refractivity contribution in [2.75, 3.05) is 13.1 Å². The van der Waals surface area contributed by atoms with Crippen LogP contribution in [-0.2, 0) is 0 Å². The van der Waals surface area contributed by atoms with Gasteiger partial charge in [-0.2, -0.15) is 0 Å². The lowest BCUT2D eigenvalue weighted by Gasteiger charge is -2.27. The van der Waals surface area contributed by atoms with Gasteiger partial charge in [0.05, 0.1) is 0 Å². The Morgan fingerprint density at radius 1 is 1.00 bits per heavy atom. The summed E-state index contributed by atoms with van der Waals surface area (Å²) in [6, 6.07) is 0.627. The molecule has 2 fully saturated rings. The minimum absolute atomic E-state index is 0.191. The second-order valence-corrected chi connectivity index (χ2v) is 6.71. The molecule has 1 N–H and O–H groups in total. The topological polar surface area (TPSA) is 32.3 Å². The SMILES string of the molecule is CC(C)C1CCCN(C(=O)NC2CCCCC2)CC1. The Balaban J connectivity index is 1.78. The van der Waals surface area contributed by atoms with Crippen LogP contribution in [0.25, 0.3) is 0 Å². The predicted octanol–water partition coefficient (Wildman–Crippen LogP) is 3.79. The standard InChI is InChI=1S/C16H30N2O/c1-13(2)14-7-6-11-18(12-10-14)16(19)17-15-8-4-3-5-9-15/h13-15H,3-12H2,1-2H3,(H,17,19). The van der Waals surface area contributed by atoms with E-state index in [2.05, 4.69) is 24.1 Å². The lowest BCUT2D eigenvalue weighted by molar-refractivity contribution is 0.190. The van der Waals surface area contributed by atoms with Crippen molar-refractivity contribution in [2.24, 2.45) is 11.8 Å². The molecule has 1 atom stereocenters. The van der Waals surface area contributed by atoms with Gasteiger partial charge in [0.2, 0.25) is 0 Å². The summed E-state index contributed by atoms with van der Waals surface area (Å²) >= 11 is 0. The zero-order valence-electron chi connectivity index (χ0n) is 12.7. The highest BCUT2D eigenvalue weighted by molar-refractivity contribution is 5.74. The molecule has 0 aromatic carbocycles. The third kappa shape index (κ3) is 4.39. The molecular formula is C16H30N2O. The van der Waals surface area contributed by atoms with Crippen molar-refractivity contribution in [1.29, 1.82) is 0 Å². The van der Waals surface area contributed by atoms with Gasteiger partial charge in [0.15, 0.2) is 0 Å². The number of nitrogens with zero attached hydrogens (tertiary/aromatic N) is 1. The van der Waals surface area contributed by atoms with E-state index in [4.69, 9.17) is 0 Å². The van der Waals surface area contributed by atoms with Gasteiger partial charge in [0.1, 0.15) is 0 Å². The summed E-state index contributed by atoms with van der Waals surface area (Å²) in [5, 5.41) is 3.25. The van der Waals surface area contributed by atoms with E-state index in [0.29, 0.717) is 6.04 Å². The van der Waals surface area contributed by atoms with Gasteiger partial charge in [0, 0.05) is 19.1 Å². The molecule has 0 aromatic rings. The maximum Gasteiger partial charge on any atom is 0.317 e. The van der Waals surface area contributed by atoms with E-state index in [9.17, 15) is 4.79 Å². The average Bonchev–Trinajstić information content (AvgIpc) is 2.65. The van der Waals surface area contributed by atoms with E-state index < -0.39 is 0 Å². The van der Waals surface area contributed by atoms with Gasteiger partial charge in [-0.15, -0.1) is 0 Å². The first-order valence-electron chi connectivity index (χ1n) is 8.22. The molecule has 0 spiro atoms. The van der Waals surface area contributed by atoms with Crippen LogP contribution in [0.2, 0.25) is 0 Å². The Morgan fingerprint density at radius 2 is 1.74 bits per heavy atom. The van der Waals surface area contributed by atoms with Gasteiger partial charge >= 0.3 is 6.03 Å². The minimum atomic E-state index is 0.191. The van der Waals surface area contributed by atoms with E-state index in [0.717, 1.165) is 24.9 Å². The van der Waals surface area contributed by atoms with Crippen LogP contribution in [0.5, 0.6) is 0 Å². The van der Waals surface area contributed by atoms with E-state index >= 15 is 0 Å². The number of urea groups is 1. The molecule has 0 aromatic heterocycles. The highest BCUT2D eigenvalue weighted by Gasteiger charge is 2.24. The van der Waals surface area contributed by atoms with Crippen molar-refractivity contribution < 1.29 is 4.79 Å². The molecule has 3 heteroatoms. The van der Waals surface area contributed by atoms with Crippen LogP contribution in [0, 0.1) is 11.8 Å². The average molecular weight is 266 g/mol. The monoisotopic (exact) mass is 266 g/mol. The molecule has 2 amide bonds. The first-order chi connectivity index (χ1) is 9.16. The lowest BCUT2D eigenvalue weighted by Crippen LogP contribution is -2.45. The molecule has 0 bridgehead atoms. The highest BCUT2D eigenvalue weighted by atomic mass is 16.2. The lowest BCUT2D eigenvalue weighted by atomic mass is 9.89. The smallest absolute Gasteiger partial charge is 0.317 e. The molecule has 110 valence electrons. The molecule has 1 aliphatic heterocycles. The van der Waals surface area contributed by atoms with Gasteiger partial charge in [-0.3, -0.25) is 0 Å². The van der Waals surface area contributed by atoms with Gasteiger partial charge < -0.3 is 10.2 Å². The van der Waals surface area contributed by atoms with Crippen LogP contribution < -0.4 is 5.32 Å². The van der Waals surface area contributed by atoms with E-state index in [1.807, 2.05) is 0 Å². The van der Waals surface area contributed by atoms with Crippen molar-refractivity contribution in [3.05, 3.63) is 0 Å². The Morgan fingerprint density at radius 3 is 2.42 bits per heavy atom. The summed E-state index contributed by atoms with van der Waals surface area (Å²) in [6.07, 6.45) is 9.87. The number of amides is 2. The van der Waals surface area contributed by atoms with E-state index in [-0.39, 0.29) is 6.03 Å². The van der Waals surface area contributed by atoms with Crippen LogP contribution in [0.1, 0.15) is 65.2 Å². The van der Waals surface area contributed by atoms with E-state index in [1.165, 1.54) is 51.4 Å². The van der Waals surface area contributed by atoms with Crippen LogP contribution in [0.15, 0.2) is 0 Å². The molecule has 1 saturated carbocycles. The molecule has 1 aliphatic carbocycles. The zero-order valence-corrected chi connectivity index (χ0v) is 12.7. The maximum atomic E-state index is 12.3. The number of hydrogen-bond acceptors (Lipinski definition) is 1. The number of nitrogens with one attached hydrogen (secondary N) is 1. The zero-order chi connectivity index (χ0) is 13.7. The number of carbonyl (C=O) groups is 1. The largest absolute Gasteiger partial charge is 0.335 e. The fourth-order valence-corrected chi connectivity index (χ4v) is 3.50. The number of carbonyl (C=O) groups excluding carboxylic acids is 1. The van der Waals surface area contributed by atoms with Gasteiger partial charge in [-0.1, -0.05) is 33.1 Å². The van der Waals surface area contributed by atoms with Crippen molar-refractivity contribution in [2.45, 2.75) is 71.3 Å². The van der Waals surface area contributed by atoms with Crippen molar-refractivity contribution >= 4 is 6.03 Å². The first kappa shape index (κ1) is 14.7. The number of likely N-dealkylation sites (tertiary alicyclic amines) is 1. The molecular weight excluding hydrogens is 236 g/mol. The molecule has 0 radical (unpaired) electrons. The Kier molecular flexibility index (Phi) is 5.53. The normalized spacial score (nSPS) is 26.3. The summed E-state index contributed by atoms with van der Waals surface area (Å²) < 4.78 is 0. The highest BCUT2D eigenvalue weighted by Crippen LogP contribution is 2.25. The molecule has 19 heavy (non-hydrogen) atoms. The van der Waals surface area contributed by atoms with Crippen LogP contribution >= 0.6 is 0 Å². The third-order valence-electron chi connectivity index (χ3n) is 4.94. The molecule has 2 rings (SSSR count). The van der Waals surface area contributed by atoms with Gasteiger partial charge in [-0.25, -0.2) is 4.79 Å². The number of rotatable bonds is 2. The summed E-state index contributed by atoms with van der Waals surface area (Å²) in [5.41, 5.74) is 0. The van der Waals surface area contributed by atoms with Gasteiger partial charge in [0.25, 0.3) is 0 Å². The van der Waals surface area contributed by atoms with Crippen LogP contribution in [0.3, 0.4) is 0 Å². The van der Waals surface area contributed by atoms with Crippen LogP contribution in [0.4, 0.5) is 4.79 Å². The van der Waals surface area contributed by atoms with Crippen LogP contribution in [-0.4, -0.2) is 30.1 Å². The Bertz CT molecular complexity index is 284. The summed E-state index contributed by atoms with van der Waals surface area (Å²) in [5.74, 6) is 1.55. The van der Waals surface area contributed by atoms with Crippen molar-refractivity contribution in [1.82, 2.24) is 10.2 Å². The van der Waals surface area contributed by atoms with Crippen molar-refractivity contribution in [3.8, 4) is 0 Å². The molecule has 1 heterocycles. The van der Waals surface area contributed by atoms with E-state index in [1.54, 1.807) is 0 Å². The summed E-state index contributed by atoms with van der Waals surface area (Å²) in [7, 11) is 0. The Hall–Kier alpha value is -0.730. The third-order valence-corrected chi connectivity index (χ3v) is 4.94. The van der Waals surface area contributed by atoms with Gasteiger partial charge in [-0.05, 0) is 43.9 Å². The first-order valence-corrected chi connectivity index (χ1v) is 8.22. The number of hydrogen-bond donors (Lipinski definition) is 1.